The number of hydrogen-bond acceptors (Lipinski definition) is 3. The predicted molar refractivity (Wildman–Crippen MR) is 92.1 cm³/mol. The minimum absolute atomic E-state index is 0.821. The highest BCUT2D eigenvalue weighted by Crippen LogP contribution is 2.32. The van der Waals surface area contributed by atoms with E-state index in [-0.39, 0.29) is 0 Å². The lowest BCUT2D eigenvalue weighted by Crippen LogP contribution is -1.93. The Morgan fingerprint density at radius 3 is 2.70 bits per heavy atom. The molecule has 5 aromatic rings. The van der Waals surface area contributed by atoms with Crippen molar-refractivity contribution < 1.29 is 4.74 Å². The molecule has 0 saturated heterocycles. The summed E-state index contributed by atoms with van der Waals surface area (Å²) in [6.45, 7) is 0. The van der Waals surface area contributed by atoms with Crippen molar-refractivity contribution >= 4 is 38.5 Å². The second-order valence-electron chi connectivity index (χ2n) is 5.54. The molecule has 3 heterocycles. The third kappa shape index (κ3) is 1.60. The highest BCUT2D eigenvalue weighted by molar-refractivity contribution is 6.12. The summed E-state index contributed by atoms with van der Waals surface area (Å²) in [6, 6.07) is 18.3. The number of rotatable bonds is 1. The van der Waals surface area contributed by atoms with Gasteiger partial charge in [-0.3, -0.25) is 9.38 Å². The zero-order chi connectivity index (χ0) is 15.4. The fraction of sp³-hybridized carbons (Fsp3) is 0.0526. The smallest absolute Gasteiger partial charge is 0.146 e. The second-order valence-corrected chi connectivity index (χ2v) is 5.54. The van der Waals surface area contributed by atoms with Crippen LogP contribution in [0.25, 0.3) is 38.5 Å². The van der Waals surface area contributed by atoms with Crippen LogP contribution in [0.4, 0.5) is 0 Å². The Morgan fingerprint density at radius 1 is 0.913 bits per heavy atom. The van der Waals surface area contributed by atoms with E-state index in [4.69, 9.17) is 9.72 Å². The molecule has 0 atom stereocenters. The summed E-state index contributed by atoms with van der Waals surface area (Å²) in [5, 5.41) is 2.14. The number of imidazole rings is 1. The highest BCUT2D eigenvalue weighted by atomic mass is 16.5. The van der Waals surface area contributed by atoms with Gasteiger partial charge in [0.25, 0.3) is 0 Å². The summed E-state index contributed by atoms with van der Waals surface area (Å²) in [7, 11) is 1.68. The highest BCUT2D eigenvalue weighted by Gasteiger charge is 2.14. The van der Waals surface area contributed by atoms with Crippen molar-refractivity contribution in [2.45, 2.75) is 0 Å². The van der Waals surface area contributed by atoms with Crippen molar-refractivity contribution in [2.24, 2.45) is 0 Å². The summed E-state index contributed by atoms with van der Waals surface area (Å²) < 4.78 is 7.58. The van der Waals surface area contributed by atoms with Gasteiger partial charge in [-0.25, -0.2) is 4.98 Å². The molecule has 0 saturated carbocycles. The predicted octanol–water partition coefficient (Wildman–Crippen LogP) is 4.20. The molecule has 3 aromatic heterocycles. The van der Waals surface area contributed by atoms with Gasteiger partial charge in [0.15, 0.2) is 0 Å². The van der Waals surface area contributed by atoms with Gasteiger partial charge in [-0.05, 0) is 42.5 Å². The molecule has 4 nitrogen and oxygen atoms in total. The molecule has 0 bridgehead atoms. The van der Waals surface area contributed by atoms with Crippen molar-refractivity contribution in [2.75, 3.05) is 7.11 Å². The number of ether oxygens (including phenoxy) is 1. The normalized spacial score (nSPS) is 11.7. The van der Waals surface area contributed by atoms with E-state index in [1.165, 1.54) is 0 Å². The molecular weight excluding hydrogens is 286 g/mol. The Hall–Kier alpha value is -3.14. The van der Waals surface area contributed by atoms with E-state index in [1.807, 2.05) is 42.6 Å². The van der Waals surface area contributed by atoms with Gasteiger partial charge in [0.1, 0.15) is 11.4 Å². The maximum Gasteiger partial charge on any atom is 0.146 e. The summed E-state index contributed by atoms with van der Waals surface area (Å²) >= 11 is 0. The summed E-state index contributed by atoms with van der Waals surface area (Å²) in [5.74, 6) is 0.821. The van der Waals surface area contributed by atoms with Crippen LogP contribution in [0.2, 0.25) is 0 Å². The van der Waals surface area contributed by atoms with E-state index in [9.17, 15) is 0 Å². The summed E-state index contributed by atoms with van der Waals surface area (Å²) in [6.07, 6.45) is 1.83. The second kappa shape index (κ2) is 4.43. The zero-order valence-corrected chi connectivity index (χ0v) is 12.5. The third-order valence-electron chi connectivity index (χ3n) is 4.31. The van der Waals surface area contributed by atoms with Crippen LogP contribution in [0.15, 0.2) is 60.8 Å². The fourth-order valence-electron chi connectivity index (χ4n) is 3.28. The van der Waals surface area contributed by atoms with E-state index in [0.29, 0.717) is 0 Å². The molecule has 23 heavy (non-hydrogen) atoms. The lowest BCUT2D eigenvalue weighted by atomic mass is 10.1. The van der Waals surface area contributed by atoms with Gasteiger partial charge in [-0.1, -0.05) is 12.1 Å². The topological polar surface area (TPSA) is 39.4 Å². The first-order chi connectivity index (χ1) is 11.4. The standard InChI is InChI=1S/C19H13N3O/c1-23-12-8-9-13-14(11-12)19-21-15-5-2-3-6-16(15)22(19)17-7-4-10-20-18(13)17/h2-11H,1H3. The zero-order valence-electron chi connectivity index (χ0n) is 12.5. The van der Waals surface area contributed by atoms with Crippen molar-refractivity contribution in [3.63, 3.8) is 0 Å². The molecule has 0 aliphatic carbocycles. The van der Waals surface area contributed by atoms with Crippen molar-refractivity contribution in [3.8, 4) is 5.75 Å². The molecule has 5 rings (SSSR count). The van der Waals surface area contributed by atoms with Crippen LogP contribution < -0.4 is 4.74 Å². The van der Waals surface area contributed by atoms with Crippen molar-refractivity contribution in [3.05, 3.63) is 60.8 Å². The van der Waals surface area contributed by atoms with Crippen LogP contribution in [0.5, 0.6) is 5.75 Å². The van der Waals surface area contributed by atoms with Gasteiger partial charge >= 0.3 is 0 Å². The lowest BCUT2D eigenvalue weighted by Gasteiger charge is -2.09. The lowest BCUT2D eigenvalue weighted by molar-refractivity contribution is 0.415. The molecule has 0 amide bonds. The van der Waals surface area contributed by atoms with Gasteiger partial charge in [-0.15, -0.1) is 0 Å². The minimum atomic E-state index is 0.821. The number of pyridine rings is 2. The van der Waals surface area contributed by atoms with Crippen molar-refractivity contribution in [1.82, 2.24) is 14.4 Å². The summed E-state index contributed by atoms with van der Waals surface area (Å²) in [5.41, 5.74) is 5.04. The first-order valence-electron chi connectivity index (χ1n) is 7.48. The first kappa shape index (κ1) is 12.4. The van der Waals surface area contributed by atoms with E-state index in [0.717, 1.165) is 44.2 Å². The summed E-state index contributed by atoms with van der Waals surface area (Å²) in [4.78, 5) is 9.46. The fourth-order valence-corrected chi connectivity index (χ4v) is 3.28. The van der Waals surface area contributed by atoms with Crippen LogP contribution >= 0.6 is 0 Å². The Labute approximate surface area is 132 Å². The van der Waals surface area contributed by atoms with Gasteiger partial charge in [0.2, 0.25) is 0 Å². The number of benzene rings is 2. The number of aromatic nitrogens is 3. The monoisotopic (exact) mass is 299 g/mol. The van der Waals surface area contributed by atoms with Gasteiger partial charge in [0, 0.05) is 17.0 Å². The quantitative estimate of drug-likeness (QED) is 0.435. The van der Waals surface area contributed by atoms with Crippen LogP contribution in [-0.2, 0) is 0 Å². The van der Waals surface area contributed by atoms with E-state index >= 15 is 0 Å². The van der Waals surface area contributed by atoms with Gasteiger partial charge < -0.3 is 4.74 Å². The molecule has 4 heteroatoms. The van der Waals surface area contributed by atoms with Crippen LogP contribution in [0.1, 0.15) is 0 Å². The first-order valence-corrected chi connectivity index (χ1v) is 7.48. The molecule has 2 aromatic carbocycles. The Balaban J connectivity index is 2.17. The average molecular weight is 299 g/mol. The number of fused-ring (bicyclic) bond motifs is 8. The molecule has 110 valence electrons. The van der Waals surface area contributed by atoms with Crippen LogP contribution in [0.3, 0.4) is 0 Å². The Morgan fingerprint density at radius 2 is 1.78 bits per heavy atom. The average Bonchev–Trinajstić information content (AvgIpc) is 3.01. The molecule has 0 aliphatic heterocycles. The molecule has 0 radical (unpaired) electrons. The van der Waals surface area contributed by atoms with E-state index in [2.05, 4.69) is 27.6 Å². The van der Waals surface area contributed by atoms with E-state index < -0.39 is 0 Å². The molecule has 0 N–H and O–H groups in total. The Kier molecular flexibility index (Phi) is 2.39. The number of methoxy groups -OCH3 is 1. The Bertz CT molecular complexity index is 1210. The minimum Gasteiger partial charge on any atom is -0.497 e. The molecular formula is C19H13N3O. The third-order valence-corrected chi connectivity index (χ3v) is 4.31. The number of hydrogen-bond donors (Lipinski definition) is 0. The maximum atomic E-state index is 5.40. The molecule has 0 unspecified atom stereocenters. The molecule has 0 aliphatic rings. The van der Waals surface area contributed by atoms with Crippen LogP contribution in [0, 0.1) is 0 Å². The molecule has 0 spiro atoms. The maximum absolute atomic E-state index is 5.40. The molecule has 0 fully saturated rings. The number of para-hydroxylation sites is 2. The van der Waals surface area contributed by atoms with E-state index in [1.54, 1.807) is 7.11 Å². The van der Waals surface area contributed by atoms with Crippen molar-refractivity contribution in [1.29, 1.82) is 0 Å². The van der Waals surface area contributed by atoms with Gasteiger partial charge in [-0.2, -0.15) is 0 Å². The largest absolute Gasteiger partial charge is 0.497 e. The van der Waals surface area contributed by atoms with Gasteiger partial charge in [0.05, 0.1) is 29.2 Å². The number of nitrogens with zero attached hydrogens (tertiary/aromatic N) is 3. The SMILES string of the molecule is COc1ccc2c(c1)c1nc3ccccc3n1c1cccnc21. The van der Waals surface area contributed by atoms with Crippen LogP contribution in [-0.4, -0.2) is 21.5 Å².